The number of rotatable bonds is 8. The van der Waals surface area contributed by atoms with Crippen LogP contribution in [0.1, 0.15) is 0 Å². The van der Waals surface area contributed by atoms with Crippen molar-refractivity contribution in [1.29, 1.82) is 0 Å². The number of nitrogens with zero attached hydrogens (tertiary/aromatic N) is 4. The van der Waals surface area contributed by atoms with Crippen LogP contribution in [0, 0.1) is 0 Å². The Kier molecular flexibility index (Phi) is 9.14. The van der Waals surface area contributed by atoms with E-state index in [9.17, 15) is 0 Å². The molecule has 0 amide bonds. The average molecular weight is 779 g/mol. The molecule has 9 aromatic carbocycles. The lowest BCUT2D eigenvalue weighted by molar-refractivity contribution is 1.19. The summed E-state index contributed by atoms with van der Waals surface area (Å²) in [6.07, 6.45) is 0. The van der Waals surface area contributed by atoms with Crippen molar-refractivity contribution in [3.8, 4) is 56.3 Å². The fraction of sp³-hybridized carbons (Fsp3) is 0. The first-order chi connectivity index (χ1) is 30.3. The predicted molar refractivity (Wildman–Crippen MR) is 254 cm³/mol. The summed E-state index contributed by atoms with van der Waals surface area (Å²) in [5.41, 5.74) is 13.1. The monoisotopic (exact) mass is 778 g/mol. The molecule has 4 nitrogen and oxygen atoms in total. The van der Waals surface area contributed by atoms with Crippen LogP contribution in [-0.4, -0.2) is 15.0 Å². The summed E-state index contributed by atoms with van der Waals surface area (Å²) in [6.45, 7) is 0. The lowest BCUT2D eigenvalue weighted by atomic mass is 9.90. The molecular weight excluding hydrogens is 741 g/mol. The van der Waals surface area contributed by atoms with Crippen molar-refractivity contribution < 1.29 is 0 Å². The largest absolute Gasteiger partial charge is 0.308 e. The number of anilines is 3. The third kappa shape index (κ3) is 6.67. The third-order valence-corrected chi connectivity index (χ3v) is 11.4. The lowest BCUT2D eigenvalue weighted by Crippen LogP contribution is -2.11. The van der Waals surface area contributed by atoms with E-state index in [4.69, 9.17) is 15.0 Å². The highest BCUT2D eigenvalue weighted by Crippen LogP contribution is 2.46. The van der Waals surface area contributed by atoms with Crippen molar-refractivity contribution >= 4 is 49.5 Å². The second-order valence-electron chi connectivity index (χ2n) is 15.2. The van der Waals surface area contributed by atoms with Crippen LogP contribution < -0.4 is 4.90 Å². The Bertz CT molecular complexity index is 3280. The van der Waals surface area contributed by atoms with Gasteiger partial charge in [0.15, 0.2) is 5.82 Å². The first-order valence-corrected chi connectivity index (χ1v) is 20.6. The Labute approximate surface area is 354 Å². The van der Waals surface area contributed by atoms with Gasteiger partial charge in [0.2, 0.25) is 0 Å². The molecule has 0 aliphatic rings. The quantitative estimate of drug-likeness (QED) is 0.144. The van der Waals surface area contributed by atoms with Gasteiger partial charge in [0.05, 0.1) is 28.3 Å². The predicted octanol–water partition coefficient (Wildman–Crippen LogP) is 15.1. The van der Waals surface area contributed by atoms with Gasteiger partial charge in [0.25, 0.3) is 0 Å². The smallest absolute Gasteiger partial charge is 0.160 e. The second-order valence-corrected chi connectivity index (χ2v) is 15.2. The van der Waals surface area contributed by atoms with Gasteiger partial charge in [-0.25, -0.2) is 15.0 Å². The lowest BCUT2D eigenvalue weighted by Gasteiger charge is -2.27. The van der Waals surface area contributed by atoms with Crippen molar-refractivity contribution in [2.75, 3.05) is 4.90 Å². The molecule has 0 fully saturated rings. The number of para-hydroxylation sites is 3. The molecule has 0 radical (unpaired) electrons. The first kappa shape index (κ1) is 35.9. The topological polar surface area (TPSA) is 41.9 Å². The molecule has 0 saturated heterocycles. The van der Waals surface area contributed by atoms with E-state index < -0.39 is 0 Å². The van der Waals surface area contributed by atoms with E-state index in [1.807, 2.05) is 12.1 Å². The summed E-state index contributed by atoms with van der Waals surface area (Å²) in [4.78, 5) is 18.6. The van der Waals surface area contributed by atoms with Crippen LogP contribution in [0.2, 0.25) is 0 Å². The number of hydrogen-bond donors (Lipinski definition) is 0. The van der Waals surface area contributed by atoms with Gasteiger partial charge < -0.3 is 4.90 Å². The molecule has 0 unspecified atom stereocenters. The average Bonchev–Trinajstić information content (AvgIpc) is 3.35. The highest BCUT2D eigenvalue weighted by molar-refractivity contribution is 6.26. The zero-order valence-electron chi connectivity index (χ0n) is 33.2. The van der Waals surface area contributed by atoms with E-state index in [1.165, 1.54) is 5.56 Å². The highest BCUT2D eigenvalue weighted by Gasteiger charge is 2.22. The van der Waals surface area contributed by atoms with E-state index in [0.717, 1.165) is 94.4 Å². The minimum atomic E-state index is 0.673. The van der Waals surface area contributed by atoms with Gasteiger partial charge in [-0.2, -0.15) is 0 Å². The molecule has 0 aliphatic carbocycles. The summed E-state index contributed by atoms with van der Waals surface area (Å²) in [7, 11) is 0. The standard InChI is InChI=1S/C57H38N4/c1-6-19-39(20-7-1)40-33-35-43(36-34-40)57-58-51(41-21-8-2-9-22-41)38-52(59-57)49-37-50-54(47-30-17-16-29-46(47)49)48-31-18-32-53(56(48)60-55(50)42-23-10-3-11-24-42)61(44-25-12-4-13-26-44)45-27-14-5-15-28-45/h1-38H. The van der Waals surface area contributed by atoms with E-state index in [0.29, 0.717) is 5.82 Å². The van der Waals surface area contributed by atoms with Crippen molar-refractivity contribution in [1.82, 2.24) is 15.0 Å². The van der Waals surface area contributed by atoms with Gasteiger partial charge in [-0.3, -0.25) is 0 Å². The molecule has 61 heavy (non-hydrogen) atoms. The fourth-order valence-electron chi connectivity index (χ4n) is 8.58. The molecule has 4 heteroatoms. The van der Waals surface area contributed by atoms with Gasteiger partial charge in [-0.15, -0.1) is 0 Å². The molecule has 0 aliphatic heterocycles. The van der Waals surface area contributed by atoms with Gasteiger partial charge in [-0.05, 0) is 64.4 Å². The van der Waals surface area contributed by atoms with Crippen molar-refractivity contribution in [3.63, 3.8) is 0 Å². The molecular formula is C57H38N4. The van der Waals surface area contributed by atoms with Crippen molar-refractivity contribution in [3.05, 3.63) is 231 Å². The highest BCUT2D eigenvalue weighted by atomic mass is 15.1. The van der Waals surface area contributed by atoms with Crippen LogP contribution in [0.4, 0.5) is 17.1 Å². The maximum atomic E-state index is 5.68. The zero-order valence-corrected chi connectivity index (χ0v) is 33.2. The van der Waals surface area contributed by atoms with Gasteiger partial charge >= 0.3 is 0 Å². The first-order valence-electron chi connectivity index (χ1n) is 20.6. The molecule has 0 atom stereocenters. The SMILES string of the molecule is c1ccc(-c2ccc(-c3nc(-c4ccccc4)cc(-c4cc5c(-c6ccccc6)nc6c(N(c7ccccc7)c7ccccc7)cccc6c5c5ccccc45)n3)cc2)cc1. The molecule has 0 spiro atoms. The number of pyridine rings is 1. The van der Waals surface area contributed by atoms with Crippen LogP contribution >= 0.6 is 0 Å². The van der Waals surface area contributed by atoms with E-state index in [1.54, 1.807) is 0 Å². The summed E-state index contributed by atoms with van der Waals surface area (Å²) < 4.78 is 0. The van der Waals surface area contributed by atoms with E-state index in [-0.39, 0.29) is 0 Å². The van der Waals surface area contributed by atoms with Crippen molar-refractivity contribution in [2.24, 2.45) is 0 Å². The minimum absolute atomic E-state index is 0.673. The molecule has 2 heterocycles. The molecule has 0 N–H and O–H groups in total. The maximum absolute atomic E-state index is 5.68. The van der Waals surface area contributed by atoms with Crippen LogP contribution in [0.25, 0.3) is 88.7 Å². The summed E-state index contributed by atoms with van der Waals surface area (Å²) in [5.74, 6) is 0.673. The van der Waals surface area contributed by atoms with Crippen LogP contribution in [0.5, 0.6) is 0 Å². The number of benzene rings is 9. The van der Waals surface area contributed by atoms with Crippen LogP contribution in [0.15, 0.2) is 231 Å². The van der Waals surface area contributed by atoms with E-state index >= 15 is 0 Å². The molecule has 0 saturated carbocycles. The Morgan fingerprint density at radius 2 is 0.803 bits per heavy atom. The molecule has 286 valence electrons. The Morgan fingerprint density at radius 3 is 1.44 bits per heavy atom. The third-order valence-electron chi connectivity index (χ3n) is 11.4. The second kappa shape index (κ2) is 15.5. The van der Waals surface area contributed by atoms with Gasteiger partial charge in [0, 0.05) is 49.8 Å². The molecule has 11 rings (SSSR count). The minimum Gasteiger partial charge on any atom is -0.308 e. The molecule has 11 aromatic rings. The number of aromatic nitrogens is 3. The Morgan fingerprint density at radius 1 is 0.311 bits per heavy atom. The zero-order chi connectivity index (χ0) is 40.5. The molecule has 2 aromatic heterocycles. The summed E-state index contributed by atoms with van der Waals surface area (Å²) >= 11 is 0. The van der Waals surface area contributed by atoms with Crippen LogP contribution in [0.3, 0.4) is 0 Å². The maximum Gasteiger partial charge on any atom is 0.160 e. The summed E-state index contributed by atoms with van der Waals surface area (Å²) in [5, 5.41) is 5.54. The molecule has 0 bridgehead atoms. The van der Waals surface area contributed by atoms with Gasteiger partial charge in [-0.1, -0.05) is 188 Å². The van der Waals surface area contributed by atoms with Gasteiger partial charge in [0.1, 0.15) is 0 Å². The number of fused-ring (bicyclic) bond motifs is 5. The normalized spacial score (nSPS) is 11.3. The van der Waals surface area contributed by atoms with Crippen molar-refractivity contribution in [2.45, 2.75) is 0 Å². The summed E-state index contributed by atoms with van der Waals surface area (Å²) in [6, 6.07) is 80.8. The fourth-order valence-corrected chi connectivity index (χ4v) is 8.58. The Balaban J connectivity index is 1.19. The van der Waals surface area contributed by atoms with E-state index in [2.05, 4.69) is 223 Å². The van der Waals surface area contributed by atoms with Crippen LogP contribution in [-0.2, 0) is 0 Å². The Hall–Kier alpha value is -8.21. The number of hydrogen-bond acceptors (Lipinski definition) is 4.